The van der Waals surface area contributed by atoms with Crippen LogP contribution in [0.3, 0.4) is 0 Å². The van der Waals surface area contributed by atoms with Crippen LogP contribution in [-0.4, -0.2) is 59.7 Å². The summed E-state index contributed by atoms with van der Waals surface area (Å²) in [5.74, 6) is -0.408. The number of hydrogen-bond donors (Lipinski definition) is 1. The Hall–Kier alpha value is -2.63. The Morgan fingerprint density at radius 2 is 1.58 bits per heavy atom. The monoisotopic (exact) mass is 525 g/mol. The van der Waals surface area contributed by atoms with Crippen LogP contribution in [-0.2, 0) is 19.8 Å². The molecule has 0 aromatic heterocycles. The van der Waals surface area contributed by atoms with Crippen molar-refractivity contribution >= 4 is 17.7 Å². The van der Waals surface area contributed by atoms with E-state index in [9.17, 15) is 14.4 Å². The molecule has 6 nitrogen and oxygen atoms in total. The van der Waals surface area contributed by atoms with Gasteiger partial charge in [0.2, 0.25) is 17.7 Å². The summed E-state index contributed by atoms with van der Waals surface area (Å²) in [4.78, 5) is 44.3. The Labute approximate surface area is 231 Å². The number of carbonyl (C=O) groups is 3. The summed E-state index contributed by atoms with van der Waals surface area (Å²) in [7, 11) is 1.78. The number of likely N-dealkylation sites (N-methyl/N-ethyl adjacent to an activating group) is 1. The van der Waals surface area contributed by atoms with E-state index >= 15 is 0 Å². The van der Waals surface area contributed by atoms with Crippen LogP contribution in [0.5, 0.6) is 0 Å². The van der Waals surface area contributed by atoms with Crippen molar-refractivity contribution in [3.05, 3.63) is 47.5 Å². The van der Waals surface area contributed by atoms with Gasteiger partial charge in [-0.15, -0.1) is 0 Å². The maximum absolute atomic E-state index is 14.0. The number of nitrogens with zero attached hydrogens (tertiary/aromatic N) is 2. The Morgan fingerprint density at radius 1 is 1.03 bits per heavy atom. The first-order chi connectivity index (χ1) is 17.6. The summed E-state index contributed by atoms with van der Waals surface area (Å²) in [6, 6.07) is 9.11. The lowest BCUT2D eigenvalue weighted by Crippen LogP contribution is -2.58. The molecule has 3 amide bonds. The van der Waals surface area contributed by atoms with Crippen LogP contribution in [0.15, 0.2) is 42.0 Å². The highest BCUT2D eigenvalue weighted by atomic mass is 16.2. The van der Waals surface area contributed by atoms with E-state index in [1.807, 2.05) is 63.8 Å². The van der Waals surface area contributed by atoms with Crippen LogP contribution in [0.25, 0.3) is 0 Å². The predicted octanol–water partition coefficient (Wildman–Crippen LogP) is 5.57. The summed E-state index contributed by atoms with van der Waals surface area (Å²) in [5.41, 5.74) is 0.869. The van der Waals surface area contributed by atoms with Crippen molar-refractivity contribution in [1.29, 1.82) is 0 Å². The van der Waals surface area contributed by atoms with Crippen molar-refractivity contribution in [2.45, 2.75) is 99.1 Å². The Balaban J connectivity index is 2.31. The number of nitrogens with one attached hydrogen (secondary N) is 1. The molecule has 38 heavy (non-hydrogen) atoms. The zero-order valence-electron chi connectivity index (χ0n) is 25.4. The minimum atomic E-state index is -0.704. The van der Waals surface area contributed by atoms with Gasteiger partial charge in [-0.2, -0.15) is 0 Å². The van der Waals surface area contributed by atoms with Gasteiger partial charge in [-0.3, -0.25) is 14.4 Å². The average Bonchev–Trinajstić information content (AvgIpc) is 3.39. The first-order valence-electron chi connectivity index (χ1n) is 14.2. The summed E-state index contributed by atoms with van der Waals surface area (Å²) in [6.07, 6.45) is 4.66. The summed E-state index contributed by atoms with van der Waals surface area (Å²) in [6.45, 7) is 19.7. The lowest BCUT2D eigenvalue weighted by molar-refractivity contribution is -0.141. The summed E-state index contributed by atoms with van der Waals surface area (Å²) < 4.78 is 0. The van der Waals surface area contributed by atoms with E-state index < -0.39 is 16.9 Å². The minimum absolute atomic E-state index is 0.0450. The topological polar surface area (TPSA) is 69.7 Å². The van der Waals surface area contributed by atoms with Crippen molar-refractivity contribution in [2.75, 3.05) is 20.1 Å². The fourth-order valence-corrected chi connectivity index (χ4v) is 5.58. The number of benzene rings is 1. The highest BCUT2D eigenvalue weighted by Crippen LogP contribution is 2.35. The van der Waals surface area contributed by atoms with E-state index in [0.29, 0.717) is 12.0 Å². The molecule has 1 aromatic rings. The van der Waals surface area contributed by atoms with E-state index in [4.69, 9.17) is 0 Å². The van der Waals surface area contributed by atoms with Gasteiger partial charge in [0.1, 0.15) is 6.04 Å². The van der Waals surface area contributed by atoms with Gasteiger partial charge in [0.25, 0.3) is 0 Å². The molecule has 0 spiro atoms. The lowest BCUT2D eigenvalue weighted by atomic mass is 9.71. The van der Waals surface area contributed by atoms with Crippen molar-refractivity contribution in [3.63, 3.8) is 0 Å². The van der Waals surface area contributed by atoms with E-state index in [1.165, 1.54) is 0 Å². The van der Waals surface area contributed by atoms with Crippen LogP contribution in [0, 0.1) is 17.3 Å². The molecule has 1 aliphatic heterocycles. The highest BCUT2D eigenvalue weighted by molar-refractivity contribution is 5.93. The second-order valence-electron chi connectivity index (χ2n) is 12.9. The standard InChI is InChI=1S/C32H51N3O3/c1-11-25(32(8,9)24-17-13-12-14-18-24)28(36)33-27(31(5,6)7)30(38)34(10)26(22(2)3)21-23(4)29(37)35-19-15-16-20-35/h12-14,17-18,21-22,25-27H,11,15-16,19-20H2,1-10H3,(H,33,36)/b23-21+/t25-,26-,27-/m1/s1. The average molecular weight is 526 g/mol. The molecule has 2 rings (SSSR count). The van der Waals surface area contributed by atoms with Crippen LogP contribution in [0.4, 0.5) is 0 Å². The lowest BCUT2D eigenvalue weighted by Gasteiger charge is -2.40. The molecule has 0 radical (unpaired) electrons. The van der Waals surface area contributed by atoms with Crippen LogP contribution in [0.2, 0.25) is 0 Å². The van der Waals surface area contributed by atoms with Gasteiger partial charge in [0.05, 0.1) is 6.04 Å². The molecule has 1 N–H and O–H groups in total. The molecular weight excluding hydrogens is 474 g/mol. The molecule has 3 atom stereocenters. The van der Waals surface area contributed by atoms with Gasteiger partial charge < -0.3 is 15.1 Å². The van der Waals surface area contributed by atoms with Crippen molar-refractivity contribution in [2.24, 2.45) is 17.3 Å². The van der Waals surface area contributed by atoms with E-state index in [1.54, 1.807) is 11.9 Å². The normalized spacial score (nSPS) is 17.2. The van der Waals surface area contributed by atoms with Crippen molar-refractivity contribution in [3.8, 4) is 0 Å². The molecule has 1 heterocycles. The van der Waals surface area contributed by atoms with Gasteiger partial charge in [0, 0.05) is 37.0 Å². The van der Waals surface area contributed by atoms with Crippen LogP contribution in [0.1, 0.15) is 87.1 Å². The second kappa shape index (κ2) is 12.9. The minimum Gasteiger partial charge on any atom is -0.344 e. The Morgan fingerprint density at radius 3 is 2.05 bits per heavy atom. The predicted molar refractivity (Wildman–Crippen MR) is 156 cm³/mol. The number of rotatable bonds is 10. The smallest absolute Gasteiger partial charge is 0.249 e. The quantitative estimate of drug-likeness (QED) is 0.406. The number of carbonyl (C=O) groups excluding carboxylic acids is 3. The molecule has 6 heteroatoms. The zero-order valence-corrected chi connectivity index (χ0v) is 25.4. The maximum Gasteiger partial charge on any atom is 0.249 e. The summed E-state index contributed by atoms with van der Waals surface area (Å²) in [5, 5.41) is 3.15. The molecule has 1 aliphatic rings. The molecule has 1 fully saturated rings. The first kappa shape index (κ1) is 31.6. The number of hydrogen-bond acceptors (Lipinski definition) is 3. The molecule has 0 unspecified atom stereocenters. The van der Waals surface area contributed by atoms with Gasteiger partial charge >= 0.3 is 0 Å². The van der Waals surface area contributed by atoms with E-state index in [-0.39, 0.29) is 35.6 Å². The Bertz CT molecular complexity index is 985. The van der Waals surface area contributed by atoms with Crippen molar-refractivity contribution in [1.82, 2.24) is 15.1 Å². The van der Waals surface area contributed by atoms with Gasteiger partial charge in [0.15, 0.2) is 0 Å². The zero-order chi connectivity index (χ0) is 28.8. The molecule has 0 saturated carbocycles. The van der Waals surface area contributed by atoms with Crippen molar-refractivity contribution < 1.29 is 14.4 Å². The third kappa shape index (κ3) is 7.48. The number of amides is 3. The molecular formula is C32H51N3O3. The number of likely N-dealkylation sites (tertiary alicyclic amines) is 1. The fraction of sp³-hybridized carbons (Fsp3) is 0.656. The maximum atomic E-state index is 14.0. The highest BCUT2D eigenvalue weighted by Gasteiger charge is 2.41. The molecule has 0 bridgehead atoms. The van der Waals surface area contributed by atoms with E-state index in [0.717, 1.165) is 31.5 Å². The van der Waals surface area contributed by atoms with Gasteiger partial charge in [-0.25, -0.2) is 0 Å². The fourth-order valence-electron chi connectivity index (χ4n) is 5.58. The van der Waals surface area contributed by atoms with Gasteiger partial charge in [-0.1, -0.05) is 91.8 Å². The third-order valence-electron chi connectivity index (χ3n) is 8.14. The Kier molecular flexibility index (Phi) is 10.8. The SMILES string of the molecule is CC[C@H](C(=O)N[C@H](C(=O)N(C)[C@H](/C=C(\C)C(=O)N1CCCC1)C(C)C)C(C)(C)C)C(C)(C)c1ccccc1. The third-order valence-corrected chi connectivity index (χ3v) is 8.14. The summed E-state index contributed by atoms with van der Waals surface area (Å²) >= 11 is 0. The molecule has 0 aliphatic carbocycles. The van der Waals surface area contributed by atoms with E-state index in [2.05, 4.69) is 45.1 Å². The second-order valence-corrected chi connectivity index (χ2v) is 12.9. The molecule has 1 saturated heterocycles. The molecule has 212 valence electrons. The van der Waals surface area contributed by atoms with Crippen LogP contribution < -0.4 is 5.32 Å². The van der Waals surface area contributed by atoms with Crippen LogP contribution >= 0.6 is 0 Å². The molecule has 1 aromatic carbocycles. The first-order valence-corrected chi connectivity index (χ1v) is 14.2. The van der Waals surface area contributed by atoms with Gasteiger partial charge in [-0.05, 0) is 43.1 Å². The largest absolute Gasteiger partial charge is 0.344 e.